The number of nitrogens with two attached hydrogens (primary N) is 1. The Balaban J connectivity index is 2.07. The van der Waals surface area contributed by atoms with Gasteiger partial charge < -0.3 is 10.5 Å². The summed E-state index contributed by atoms with van der Waals surface area (Å²) < 4.78 is 5.44. The van der Waals surface area contributed by atoms with Crippen LogP contribution < -0.4 is 5.73 Å². The largest absolute Gasteiger partial charge is 0.399 e. The third-order valence-electron chi connectivity index (χ3n) is 3.53. The SMILES string of the molecule is Nc1cccc(C2(c3ccc(Cl)cc3)COC2)c1. The number of ether oxygens (including phenoxy) is 1. The molecule has 0 saturated carbocycles. The number of nitrogen functional groups attached to an aromatic ring is 1. The topological polar surface area (TPSA) is 35.2 Å². The van der Waals surface area contributed by atoms with Gasteiger partial charge in [-0.05, 0) is 35.4 Å². The molecule has 0 amide bonds. The average molecular weight is 260 g/mol. The molecular weight excluding hydrogens is 246 g/mol. The highest BCUT2D eigenvalue weighted by atomic mass is 35.5. The van der Waals surface area contributed by atoms with E-state index in [1.165, 1.54) is 11.1 Å². The first-order valence-corrected chi connectivity index (χ1v) is 6.28. The summed E-state index contributed by atoms with van der Waals surface area (Å²) in [6.07, 6.45) is 0. The Kier molecular flexibility index (Phi) is 2.77. The molecule has 1 aliphatic heterocycles. The fourth-order valence-corrected chi connectivity index (χ4v) is 2.54. The van der Waals surface area contributed by atoms with Crippen molar-refractivity contribution in [2.24, 2.45) is 0 Å². The van der Waals surface area contributed by atoms with Crippen LogP contribution in [0.4, 0.5) is 5.69 Å². The molecular formula is C15H14ClNO. The van der Waals surface area contributed by atoms with Crippen molar-refractivity contribution in [3.63, 3.8) is 0 Å². The number of benzene rings is 2. The molecule has 0 aliphatic carbocycles. The minimum Gasteiger partial charge on any atom is -0.399 e. The van der Waals surface area contributed by atoms with Crippen LogP contribution in [0, 0.1) is 0 Å². The molecule has 0 aromatic heterocycles. The lowest BCUT2D eigenvalue weighted by atomic mass is 9.73. The Bertz CT molecular complexity index is 561. The molecule has 2 N–H and O–H groups in total. The average Bonchev–Trinajstić information content (AvgIpc) is 2.30. The van der Waals surface area contributed by atoms with E-state index >= 15 is 0 Å². The third-order valence-corrected chi connectivity index (χ3v) is 3.78. The molecule has 1 heterocycles. The van der Waals surface area contributed by atoms with Crippen molar-refractivity contribution in [2.75, 3.05) is 18.9 Å². The summed E-state index contributed by atoms with van der Waals surface area (Å²) >= 11 is 5.94. The molecule has 1 saturated heterocycles. The van der Waals surface area contributed by atoms with Crippen LogP contribution in [-0.4, -0.2) is 13.2 Å². The standard InChI is InChI=1S/C15H14ClNO/c16-13-6-4-11(5-7-13)15(9-18-10-15)12-2-1-3-14(17)8-12/h1-8H,9-10,17H2. The van der Waals surface area contributed by atoms with Crippen LogP contribution in [0.3, 0.4) is 0 Å². The van der Waals surface area contributed by atoms with Gasteiger partial charge >= 0.3 is 0 Å². The Hall–Kier alpha value is -1.51. The van der Waals surface area contributed by atoms with Crippen LogP contribution in [0.25, 0.3) is 0 Å². The molecule has 2 aromatic rings. The minimum atomic E-state index is -0.0695. The zero-order valence-electron chi connectivity index (χ0n) is 9.90. The predicted octanol–water partition coefficient (Wildman–Crippen LogP) is 3.24. The van der Waals surface area contributed by atoms with Crippen molar-refractivity contribution >= 4 is 17.3 Å². The van der Waals surface area contributed by atoms with Gasteiger partial charge in [-0.25, -0.2) is 0 Å². The van der Waals surface area contributed by atoms with E-state index in [9.17, 15) is 0 Å². The molecule has 3 heteroatoms. The van der Waals surface area contributed by atoms with E-state index in [0.717, 1.165) is 10.7 Å². The van der Waals surface area contributed by atoms with E-state index < -0.39 is 0 Å². The van der Waals surface area contributed by atoms with Crippen LogP contribution in [0.2, 0.25) is 5.02 Å². The van der Waals surface area contributed by atoms with Gasteiger partial charge in [0, 0.05) is 10.7 Å². The zero-order chi connectivity index (χ0) is 12.6. The van der Waals surface area contributed by atoms with E-state index in [0.29, 0.717) is 13.2 Å². The summed E-state index contributed by atoms with van der Waals surface area (Å²) in [6, 6.07) is 16.0. The van der Waals surface area contributed by atoms with Crippen molar-refractivity contribution < 1.29 is 4.74 Å². The zero-order valence-corrected chi connectivity index (χ0v) is 10.7. The normalized spacial score (nSPS) is 17.2. The summed E-state index contributed by atoms with van der Waals surface area (Å²) in [5.74, 6) is 0. The van der Waals surface area contributed by atoms with Crippen LogP contribution in [-0.2, 0) is 10.2 Å². The Morgan fingerprint density at radius 3 is 2.28 bits per heavy atom. The van der Waals surface area contributed by atoms with Crippen LogP contribution in [0.1, 0.15) is 11.1 Å². The van der Waals surface area contributed by atoms with Gasteiger partial charge in [0.25, 0.3) is 0 Å². The van der Waals surface area contributed by atoms with Gasteiger partial charge in [-0.3, -0.25) is 0 Å². The Morgan fingerprint density at radius 2 is 1.72 bits per heavy atom. The number of anilines is 1. The van der Waals surface area contributed by atoms with Crippen LogP contribution >= 0.6 is 11.6 Å². The van der Waals surface area contributed by atoms with Gasteiger partial charge in [-0.2, -0.15) is 0 Å². The summed E-state index contributed by atoms with van der Waals surface area (Å²) in [5, 5.41) is 0.752. The molecule has 92 valence electrons. The minimum absolute atomic E-state index is 0.0695. The molecule has 3 rings (SSSR count). The summed E-state index contributed by atoms with van der Waals surface area (Å²) in [5.41, 5.74) is 9.02. The van der Waals surface area contributed by atoms with E-state index in [1.54, 1.807) is 0 Å². The molecule has 1 fully saturated rings. The highest BCUT2D eigenvalue weighted by Crippen LogP contribution is 2.39. The van der Waals surface area contributed by atoms with Crippen molar-refractivity contribution in [3.05, 3.63) is 64.7 Å². The highest BCUT2D eigenvalue weighted by molar-refractivity contribution is 6.30. The summed E-state index contributed by atoms with van der Waals surface area (Å²) in [4.78, 5) is 0. The van der Waals surface area contributed by atoms with Crippen molar-refractivity contribution in [3.8, 4) is 0 Å². The van der Waals surface area contributed by atoms with Gasteiger partial charge in [0.2, 0.25) is 0 Å². The predicted molar refractivity (Wildman–Crippen MR) is 73.9 cm³/mol. The quantitative estimate of drug-likeness (QED) is 0.841. The molecule has 1 aliphatic rings. The van der Waals surface area contributed by atoms with E-state index in [2.05, 4.69) is 18.2 Å². The number of rotatable bonds is 2. The number of hydrogen-bond donors (Lipinski definition) is 1. The van der Waals surface area contributed by atoms with E-state index in [4.69, 9.17) is 22.1 Å². The molecule has 2 aromatic carbocycles. The first-order valence-electron chi connectivity index (χ1n) is 5.90. The Morgan fingerprint density at radius 1 is 1.00 bits per heavy atom. The fourth-order valence-electron chi connectivity index (χ4n) is 2.41. The maximum absolute atomic E-state index is 5.94. The second kappa shape index (κ2) is 4.30. The molecule has 0 radical (unpaired) electrons. The molecule has 0 spiro atoms. The lowest BCUT2D eigenvalue weighted by molar-refractivity contribution is -0.0379. The van der Waals surface area contributed by atoms with E-state index in [1.807, 2.05) is 30.3 Å². The fraction of sp³-hybridized carbons (Fsp3) is 0.200. The van der Waals surface area contributed by atoms with E-state index in [-0.39, 0.29) is 5.41 Å². The summed E-state index contributed by atoms with van der Waals surface area (Å²) in [6.45, 7) is 1.39. The smallest absolute Gasteiger partial charge is 0.0670 e. The highest BCUT2D eigenvalue weighted by Gasteiger charge is 2.42. The lowest BCUT2D eigenvalue weighted by Crippen LogP contribution is -2.47. The van der Waals surface area contributed by atoms with Gasteiger partial charge in [0.1, 0.15) is 0 Å². The van der Waals surface area contributed by atoms with Crippen molar-refractivity contribution in [1.29, 1.82) is 0 Å². The molecule has 0 bridgehead atoms. The van der Waals surface area contributed by atoms with Gasteiger partial charge in [-0.1, -0.05) is 35.9 Å². The van der Waals surface area contributed by atoms with Crippen LogP contribution in [0.5, 0.6) is 0 Å². The molecule has 18 heavy (non-hydrogen) atoms. The first-order chi connectivity index (χ1) is 8.71. The maximum atomic E-state index is 5.94. The molecule has 2 nitrogen and oxygen atoms in total. The number of halogens is 1. The first kappa shape index (κ1) is 11.6. The molecule has 0 atom stereocenters. The monoisotopic (exact) mass is 259 g/mol. The van der Waals surface area contributed by atoms with Crippen molar-refractivity contribution in [1.82, 2.24) is 0 Å². The third kappa shape index (κ3) is 1.78. The van der Waals surface area contributed by atoms with Gasteiger partial charge in [-0.15, -0.1) is 0 Å². The number of hydrogen-bond acceptors (Lipinski definition) is 2. The van der Waals surface area contributed by atoms with Crippen LogP contribution in [0.15, 0.2) is 48.5 Å². The lowest BCUT2D eigenvalue weighted by Gasteiger charge is -2.42. The van der Waals surface area contributed by atoms with Crippen molar-refractivity contribution in [2.45, 2.75) is 5.41 Å². The van der Waals surface area contributed by atoms with Gasteiger partial charge in [0.05, 0.1) is 18.6 Å². The second-order valence-corrected chi connectivity index (χ2v) is 5.14. The Labute approximate surface area is 111 Å². The van der Waals surface area contributed by atoms with Gasteiger partial charge in [0.15, 0.2) is 0 Å². The molecule has 0 unspecified atom stereocenters. The second-order valence-electron chi connectivity index (χ2n) is 4.71. The maximum Gasteiger partial charge on any atom is 0.0670 e. The summed E-state index contributed by atoms with van der Waals surface area (Å²) in [7, 11) is 0.